The van der Waals surface area contributed by atoms with Gasteiger partial charge in [0.25, 0.3) is 0 Å². The molecular formula is C18H30N2O5S. The van der Waals surface area contributed by atoms with Gasteiger partial charge in [0.05, 0.1) is 5.25 Å². The fourth-order valence-electron chi connectivity index (χ4n) is 3.45. The lowest BCUT2D eigenvalue weighted by Crippen LogP contribution is -2.55. The maximum Gasteiger partial charge on any atom is 0.325 e. The molecule has 2 aliphatic rings. The van der Waals surface area contributed by atoms with Crippen LogP contribution in [0.4, 0.5) is 5.82 Å². The average Bonchev–Trinajstić information content (AvgIpc) is 2.94. The Kier molecular flexibility index (Phi) is 6.05. The summed E-state index contributed by atoms with van der Waals surface area (Å²) in [6, 6.07) is 1.75. The van der Waals surface area contributed by atoms with Gasteiger partial charge < -0.3 is 15.4 Å². The first-order valence-corrected chi connectivity index (χ1v) is 10.7. The van der Waals surface area contributed by atoms with E-state index in [1.807, 2.05) is 20.8 Å². The minimum atomic E-state index is -3.49. The third-order valence-corrected chi connectivity index (χ3v) is 8.38. The van der Waals surface area contributed by atoms with Crippen LogP contribution in [0.25, 0.3) is 0 Å². The highest BCUT2D eigenvalue weighted by Crippen LogP contribution is 2.44. The van der Waals surface area contributed by atoms with E-state index in [0.717, 1.165) is 31.4 Å². The Morgan fingerprint density at radius 1 is 1.23 bits per heavy atom. The van der Waals surface area contributed by atoms with Crippen LogP contribution in [-0.4, -0.2) is 34.6 Å². The van der Waals surface area contributed by atoms with E-state index in [4.69, 9.17) is 10.3 Å². The first-order valence-electron chi connectivity index (χ1n) is 9.20. The Morgan fingerprint density at radius 2 is 1.81 bits per heavy atom. The van der Waals surface area contributed by atoms with Gasteiger partial charge in [-0.15, -0.1) is 0 Å². The second-order valence-corrected chi connectivity index (χ2v) is 10.9. The van der Waals surface area contributed by atoms with Gasteiger partial charge in [0, 0.05) is 11.5 Å². The van der Waals surface area contributed by atoms with Crippen molar-refractivity contribution in [2.75, 3.05) is 5.73 Å². The van der Waals surface area contributed by atoms with Crippen molar-refractivity contribution in [3.05, 3.63) is 11.8 Å². The number of hydrogen-bond acceptors (Lipinski definition) is 6. The van der Waals surface area contributed by atoms with Crippen molar-refractivity contribution >= 4 is 21.6 Å². The average molecular weight is 387 g/mol. The predicted molar refractivity (Wildman–Crippen MR) is 99.6 cm³/mol. The van der Waals surface area contributed by atoms with E-state index in [9.17, 15) is 18.3 Å². The molecule has 2 aliphatic carbocycles. The lowest BCUT2D eigenvalue weighted by molar-refractivity contribution is -0.142. The van der Waals surface area contributed by atoms with E-state index in [0.29, 0.717) is 31.5 Å². The van der Waals surface area contributed by atoms with E-state index < -0.39 is 25.8 Å². The van der Waals surface area contributed by atoms with Gasteiger partial charge in [0.1, 0.15) is 5.76 Å². The highest BCUT2D eigenvalue weighted by atomic mass is 32.2. The number of aromatic nitrogens is 1. The standard InChI is InChI=1S/C11H18O4S.C7H12N2O/c12-10(13)11(7-4-8-11)16(14,15)9-5-2-1-3-6-9;1-7(2,3)5-4-6(8)9-10-5/h9H,1-8H2,(H,12,13);4H,1-3H3,(H2,8,9). The molecule has 2 saturated carbocycles. The number of carbonyl (C=O) groups is 1. The fraction of sp³-hybridized carbons (Fsp3) is 0.778. The molecule has 3 rings (SSSR count). The van der Waals surface area contributed by atoms with Gasteiger partial charge in [0.2, 0.25) is 0 Å². The first-order chi connectivity index (χ1) is 12.0. The zero-order valence-corrected chi connectivity index (χ0v) is 16.6. The third-order valence-electron chi connectivity index (χ3n) is 5.35. The third kappa shape index (κ3) is 4.05. The first kappa shape index (κ1) is 20.7. The number of aliphatic carboxylic acids is 1. The molecular weight excluding hydrogens is 356 g/mol. The Hall–Kier alpha value is -1.57. The summed E-state index contributed by atoms with van der Waals surface area (Å²) in [7, 11) is -3.49. The second kappa shape index (κ2) is 7.58. The molecule has 0 saturated heterocycles. The molecule has 0 aliphatic heterocycles. The summed E-state index contributed by atoms with van der Waals surface area (Å²) in [5, 5.41) is 12.4. The molecule has 0 aromatic carbocycles. The van der Waals surface area contributed by atoms with Crippen molar-refractivity contribution in [2.24, 2.45) is 0 Å². The van der Waals surface area contributed by atoms with Gasteiger partial charge in [-0.2, -0.15) is 0 Å². The van der Waals surface area contributed by atoms with Crippen LogP contribution in [-0.2, 0) is 20.0 Å². The fourth-order valence-corrected chi connectivity index (χ4v) is 6.15. The summed E-state index contributed by atoms with van der Waals surface area (Å²) in [6.45, 7) is 6.15. The summed E-state index contributed by atoms with van der Waals surface area (Å²) < 4.78 is 28.2. The summed E-state index contributed by atoms with van der Waals surface area (Å²) in [6.07, 6.45) is 5.54. The summed E-state index contributed by atoms with van der Waals surface area (Å²) in [5.41, 5.74) is 5.38. The molecule has 0 atom stereocenters. The maximum absolute atomic E-state index is 12.4. The van der Waals surface area contributed by atoms with E-state index in [-0.39, 0.29) is 5.41 Å². The molecule has 26 heavy (non-hydrogen) atoms. The number of sulfone groups is 1. The van der Waals surface area contributed by atoms with Crippen LogP contribution in [0.2, 0.25) is 0 Å². The molecule has 0 amide bonds. The normalized spacial score (nSPS) is 20.6. The molecule has 148 valence electrons. The highest BCUT2D eigenvalue weighted by Gasteiger charge is 2.57. The molecule has 0 bridgehead atoms. The van der Waals surface area contributed by atoms with Gasteiger partial charge >= 0.3 is 5.97 Å². The smallest absolute Gasteiger partial charge is 0.325 e. The number of anilines is 1. The van der Waals surface area contributed by atoms with E-state index in [1.54, 1.807) is 6.07 Å². The van der Waals surface area contributed by atoms with E-state index >= 15 is 0 Å². The molecule has 1 aromatic heterocycles. The van der Waals surface area contributed by atoms with Crippen LogP contribution in [0.3, 0.4) is 0 Å². The summed E-state index contributed by atoms with van der Waals surface area (Å²) >= 11 is 0. The molecule has 0 spiro atoms. The van der Waals surface area contributed by atoms with Crippen molar-refractivity contribution < 1.29 is 22.8 Å². The number of nitrogens with zero attached hydrogens (tertiary/aromatic N) is 1. The van der Waals surface area contributed by atoms with Crippen molar-refractivity contribution in [2.45, 2.75) is 87.5 Å². The van der Waals surface area contributed by atoms with Gasteiger partial charge in [-0.3, -0.25) is 4.79 Å². The number of carboxylic acid groups (broad SMARTS) is 1. The SMILES string of the molecule is CC(C)(C)c1cc(N)no1.O=C(O)C1(S(=O)(=O)C2CCCCC2)CCC1. The Labute approximate surface area is 155 Å². The van der Waals surface area contributed by atoms with Crippen molar-refractivity contribution in [1.82, 2.24) is 5.16 Å². The minimum Gasteiger partial charge on any atom is -0.480 e. The summed E-state index contributed by atoms with van der Waals surface area (Å²) in [5.74, 6) is 0.138. The lowest BCUT2D eigenvalue weighted by atomic mass is 9.84. The number of nitrogen functional groups attached to an aromatic ring is 1. The van der Waals surface area contributed by atoms with Crippen LogP contribution in [0.5, 0.6) is 0 Å². The molecule has 8 heteroatoms. The second-order valence-electron chi connectivity index (χ2n) is 8.32. The van der Waals surface area contributed by atoms with Crippen LogP contribution in [0.15, 0.2) is 10.6 Å². The number of carboxylic acids is 1. The molecule has 7 nitrogen and oxygen atoms in total. The lowest BCUT2D eigenvalue weighted by Gasteiger charge is -2.40. The zero-order chi connectivity index (χ0) is 19.6. The van der Waals surface area contributed by atoms with Gasteiger partial charge in [-0.05, 0) is 32.1 Å². The topological polar surface area (TPSA) is 123 Å². The number of rotatable bonds is 3. The molecule has 3 N–H and O–H groups in total. The van der Waals surface area contributed by atoms with Crippen LogP contribution < -0.4 is 5.73 Å². The largest absolute Gasteiger partial charge is 0.480 e. The molecule has 0 unspecified atom stereocenters. The van der Waals surface area contributed by atoms with Gasteiger partial charge in [-0.25, -0.2) is 8.42 Å². The summed E-state index contributed by atoms with van der Waals surface area (Å²) in [4.78, 5) is 11.2. The van der Waals surface area contributed by atoms with Crippen LogP contribution >= 0.6 is 0 Å². The van der Waals surface area contributed by atoms with E-state index in [1.165, 1.54) is 0 Å². The van der Waals surface area contributed by atoms with Crippen molar-refractivity contribution in [1.29, 1.82) is 0 Å². The number of nitrogens with two attached hydrogens (primary N) is 1. The maximum atomic E-state index is 12.4. The quantitative estimate of drug-likeness (QED) is 0.816. The Bertz CT molecular complexity index is 723. The molecule has 1 heterocycles. The molecule has 0 radical (unpaired) electrons. The Morgan fingerprint density at radius 3 is 2.12 bits per heavy atom. The van der Waals surface area contributed by atoms with Crippen molar-refractivity contribution in [3.8, 4) is 0 Å². The van der Waals surface area contributed by atoms with Gasteiger partial charge in [-0.1, -0.05) is 45.2 Å². The Balaban J connectivity index is 0.000000209. The van der Waals surface area contributed by atoms with Gasteiger partial charge in [0.15, 0.2) is 20.4 Å². The minimum absolute atomic E-state index is 0.00458. The van der Waals surface area contributed by atoms with Crippen molar-refractivity contribution in [3.63, 3.8) is 0 Å². The monoisotopic (exact) mass is 386 g/mol. The van der Waals surface area contributed by atoms with Crippen LogP contribution in [0.1, 0.15) is 77.9 Å². The van der Waals surface area contributed by atoms with Crippen LogP contribution in [0, 0.1) is 0 Å². The predicted octanol–water partition coefficient (Wildman–Crippen LogP) is 3.30. The number of hydrogen-bond donors (Lipinski definition) is 2. The zero-order valence-electron chi connectivity index (χ0n) is 15.8. The molecule has 2 fully saturated rings. The highest BCUT2D eigenvalue weighted by molar-refractivity contribution is 7.94. The molecule has 1 aromatic rings. The van der Waals surface area contributed by atoms with E-state index in [2.05, 4.69) is 5.16 Å².